The lowest BCUT2D eigenvalue weighted by Gasteiger charge is -2.10. The van der Waals surface area contributed by atoms with Gasteiger partial charge in [-0.1, -0.05) is 61.0 Å². The van der Waals surface area contributed by atoms with Crippen LogP contribution >= 0.6 is 15.9 Å². The lowest BCUT2D eigenvalue weighted by molar-refractivity contribution is -0.112. The van der Waals surface area contributed by atoms with Crippen molar-refractivity contribution in [2.75, 3.05) is 5.32 Å². The number of nitrogens with one attached hydrogen (secondary N) is 1. The Morgan fingerprint density at radius 2 is 1.87 bits per heavy atom. The van der Waals surface area contributed by atoms with E-state index < -0.39 is 5.91 Å². The highest BCUT2D eigenvalue weighted by atomic mass is 79.9. The van der Waals surface area contributed by atoms with Gasteiger partial charge < -0.3 is 10.1 Å². The first-order valence-electron chi connectivity index (χ1n) is 9.99. The van der Waals surface area contributed by atoms with E-state index in [4.69, 9.17) is 4.74 Å². The summed E-state index contributed by atoms with van der Waals surface area (Å²) in [6, 6.07) is 23.2. The molecule has 156 valence electrons. The van der Waals surface area contributed by atoms with E-state index in [0.29, 0.717) is 12.4 Å². The molecule has 3 rings (SSSR count). The smallest absolute Gasteiger partial charge is 0.266 e. The molecule has 4 nitrogen and oxygen atoms in total. The van der Waals surface area contributed by atoms with Gasteiger partial charge in [-0.3, -0.25) is 4.79 Å². The number of rotatable bonds is 7. The fourth-order valence-electron chi connectivity index (χ4n) is 3.02. The van der Waals surface area contributed by atoms with E-state index in [0.717, 1.165) is 33.3 Å². The van der Waals surface area contributed by atoms with E-state index in [2.05, 4.69) is 33.4 Å². The first kappa shape index (κ1) is 22.3. The normalized spacial score (nSPS) is 11.0. The molecular weight excluding hydrogens is 452 g/mol. The molecule has 0 aliphatic heterocycles. The summed E-state index contributed by atoms with van der Waals surface area (Å²) < 4.78 is 6.64. The van der Waals surface area contributed by atoms with Crippen LogP contribution in [0.1, 0.15) is 29.2 Å². The quantitative estimate of drug-likeness (QED) is 0.316. The monoisotopic (exact) mass is 474 g/mol. The van der Waals surface area contributed by atoms with Crippen molar-refractivity contribution in [3.05, 3.63) is 99.0 Å². The fourth-order valence-corrected chi connectivity index (χ4v) is 3.54. The summed E-state index contributed by atoms with van der Waals surface area (Å²) in [4.78, 5) is 12.6. The van der Waals surface area contributed by atoms with Crippen LogP contribution in [0.2, 0.25) is 0 Å². The van der Waals surface area contributed by atoms with Crippen LogP contribution in [0.4, 0.5) is 5.69 Å². The molecule has 0 fully saturated rings. The highest BCUT2D eigenvalue weighted by molar-refractivity contribution is 9.10. The van der Waals surface area contributed by atoms with Crippen LogP contribution in [0.15, 0.2) is 76.8 Å². The molecule has 0 bridgehead atoms. The molecule has 5 heteroatoms. The Morgan fingerprint density at radius 1 is 1.13 bits per heavy atom. The van der Waals surface area contributed by atoms with Gasteiger partial charge in [-0.15, -0.1) is 0 Å². The average Bonchev–Trinajstić information content (AvgIpc) is 2.78. The number of hydrogen-bond donors (Lipinski definition) is 1. The maximum Gasteiger partial charge on any atom is 0.266 e. The zero-order valence-corrected chi connectivity index (χ0v) is 19.1. The van der Waals surface area contributed by atoms with Gasteiger partial charge in [0.15, 0.2) is 0 Å². The molecule has 1 amide bonds. The molecule has 0 aliphatic rings. The minimum atomic E-state index is -0.431. The number of nitriles is 1. The molecule has 0 atom stereocenters. The van der Waals surface area contributed by atoms with E-state index >= 15 is 0 Å². The molecular formula is C26H23BrN2O2. The minimum absolute atomic E-state index is 0.0335. The van der Waals surface area contributed by atoms with Gasteiger partial charge in [0.2, 0.25) is 0 Å². The van der Waals surface area contributed by atoms with Gasteiger partial charge >= 0.3 is 0 Å². The maximum absolute atomic E-state index is 12.6. The predicted octanol–water partition coefficient (Wildman–Crippen LogP) is 6.44. The summed E-state index contributed by atoms with van der Waals surface area (Å²) in [5, 5.41) is 12.3. The van der Waals surface area contributed by atoms with Crippen molar-refractivity contribution in [2.45, 2.75) is 26.9 Å². The van der Waals surface area contributed by atoms with E-state index in [-0.39, 0.29) is 5.57 Å². The van der Waals surface area contributed by atoms with Crippen molar-refractivity contribution >= 4 is 33.6 Å². The first-order valence-corrected chi connectivity index (χ1v) is 10.8. The largest absolute Gasteiger partial charge is 0.488 e. The van der Waals surface area contributed by atoms with Gasteiger partial charge in [0, 0.05) is 5.69 Å². The number of aryl methyl sites for hydroxylation is 2. The van der Waals surface area contributed by atoms with Gasteiger partial charge in [0.1, 0.15) is 24.0 Å². The molecule has 0 saturated carbocycles. The molecule has 0 unspecified atom stereocenters. The van der Waals surface area contributed by atoms with Crippen molar-refractivity contribution in [3.63, 3.8) is 0 Å². The molecule has 0 spiro atoms. The van der Waals surface area contributed by atoms with Gasteiger partial charge in [0.05, 0.1) is 4.47 Å². The predicted molar refractivity (Wildman–Crippen MR) is 128 cm³/mol. The first-order chi connectivity index (χ1) is 15.0. The Morgan fingerprint density at radius 3 is 2.55 bits per heavy atom. The number of anilines is 1. The van der Waals surface area contributed by atoms with Crippen molar-refractivity contribution < 1.29 is 9.53 Å². The lowest BCUT2D eigenvalue weighted by atomic mass is 10.1. The summed E-state index contributed by atoms with van der Waals surface area (Å²) in [5.74, 6) is 0.261. The third-order valence-corrected chi connectivity index (χ3v) is 5.41. The second-order valence-electron chi connectivity index (χ2n) is 7.10. The molecule has 0 radical (unpaired) electrons. The summed E-state index contributed by atoms with van der Waals surface area (Å²) in [6.45, 7) is 4.52. The molecule has 0 heterocycles. The van der Waals surface area contributed by atoms with Crippen LogP contribution in [-0.4, -0.2) is 5.91 Å². The van der Waals surface area contributed by atoms with Crippen molar-refractivity contribution in [3.8, 4) is 11.8 Å². The standard InChI is InChI=1S/C26H23BrN2O2/c1-3-21-6-4-5-7-24(21)29-26(30)22(16-28)14-20-12-13-25(23(27)15-20)31-17-19-10-8-18(2)9-11-19/h4-15H,3,17H2,1-2H3,(H,29,30)/b22-14+. The van der Waals surface area contributed by atoms with Crippen LogP contribution in [0, 0.1) is 18.3 Å². The van der Waals surface area contributed by atoms with Gasteiger partial charge in [0.25, 0.3) is 5.91 Å². The molecule has 3 aromatic carbocycles. The summed E-state index contributed by atoms with van der Waals surface area (Å²) in [7, 11) is 0. The van der Waals surface area contributed by atoms with Crippen LogP contribution in [0.5, 0.6) is 5.75 Å². The number of para-hydroxylation sites is 1. The number of benzene rings is 3. The molecule has 1 N–H and O–H groups in total. The van der Waals surface area contributed by atoms with Crippen molar-refractivity contribution in [1.82, 2.24) is 0 Å². The number of nitrogens with zero attached hydrogens (tertiary/aromatic N) is 1. The average molecular weight is 475 g/mol. The number of hydrogen-bond acceptors (Lipinski definition) is 3. The minimum Gasteiger partial charge on any atom is -0.488 e. The van der Waals surface area contributed by atoms with Crippen molar-refractivity contribution in [1.29, 1.82) is 5.26 Å². The summed E-state index contributed by atoms with van der Waals surface area (Å²) >= 11 is 3.52. The molecule has 0 aliphatic carbocycles. The second kappa shape index (κ2) is 10.6. The van der Waals surface area contributed by atoms with E-state index in [1.54, 1.807) is 6.08 Å². The Labute approximate surface area is 191 Å². The molecule has 0 saturated heterocycles. The van der Waals surface area contributed by atoms with E-state index in [1.165, 1.54) is 5.56 Å². The Balaban J connectivity index is 1.72. The van der Waals surface area contributed by atoms with Crippen LogP contribution < -0.4 is 10.1 Å². The lowest BCUT2D eigenvalue weighted by Crippen LogP contribution is -2.14. The number of carbonyl (C=O) groups excluding carboxylic acids is 1. The molecule has 3 aromatic rings. The topological polar surface area (TPSA) is 62.1 Å². The number of carbonyl (C=O) groups is 1. The Bertz CT molecular complexity index is 1140. The van der Waals surface area contributed by atoms with Gasteiger partial charge in [-0.2, -0.15) is 5.26 Å². The van der Waals surface area contributed by atoms with Gasteiger partial charge in [-0.25, -0.2) is 0 Å². The number of halogens is 1. The molecule has 0 aromatic heterocycles. The SMILES string of the molecule is CCc1ccccc1NC(=O)/C(C#N)=C/c1ccc(OCc2ccc(C)cc2)c(Br)c1. The zero-order chi connectivity index (χ0) is 22.2. The van der Waals surface area contributed by atoms with E-state index in [9.17, 15) is 10.1 Å². The number of ether oxygens (including phenoxy) is 1. The van der Waals surface area contributed by atoms with Crippen LogP contribution in [0.3, 0.4) is 0 Å². The van der Waals surface area contributed by atoms with Crippen LogP contribution in [-0.2, 0) is 17.8 Å². The summed E-state index contributed by atoms with van der Waals surface area (Å²) in [6.07, 6.45) is 2.36. The Hall–Kier alpha value is -3.36. The Kier molecular flexibility index (Phi) is 7.64. The number of amides is 1. The maximum atomic E-state index is 12.6. The van der Waals surface area contributed by atoms with E-state index in [1.807, 2.05) is 74.5 Å². The van der Waals surface area contributed by atoms with Gasteiger partial charge in [-0.05, 0) is 70.2 Å². The van der Waals surface area contributed by atoms with Crippen molar-refractivity contribution in [2.24, 2.45) is 0 Å². The highest BCUT2D eigenvalue weighted by Crippen LogP contribution is 2.28. The summed E-state index contributed by atoms with van der Waals surface area (Å²) in [5.41, 5.74) is 4.79. The fraction of sp³-hybridized carbons (Fsp3) is 0.154. The van der Waals surface area contributed by atoms with Crippen LogP contribution in [0.25, 0.3) is 6.08 Å². The zero-order valence-electron chi connectivity index (χ0n) is 17.5. The highest BCUT2D eigenvalue weighted by Gasteiger charge is 2.12. The third-order valence-electron chi connectivity index (χ3n) is 4.79. The molecule has 31 heavy (non-hydrogen) atoms. The third kappa shape index (κ3) is 6.07. The second-order valence-corrected chi connectivity index (χ2v) is 7.95.